The molecule has 7 nitrogen and oxygen atoms in total. The second kappa shape index (κ2) is 9.03. The van der Waals surface area contributed by atoms with Crippen molar-refractivity contribution in [1.82, 2.24) is 20.4 Å². The first-order valence-corrected chi connectivity index (χ1v) is 10.6. The van der Waals surface area contributed by atoms with Gasteiger partial charge in [-0.3, -0.25) is 19.8 Å². The van der Waals surface area contributed by atoms with E-state index in [-0.39, 0.29) is 17.9 Å². The molecule has 7 heteroatoms. The van der Waals surface area contributed by atoms with Crippen molar-refractivity contribution in [1.29, 1.82) is 0 Å². The van der Waals surface area contributed by atoms with Gasteiger partial charge in [0.25, 0.3) is 0 Å². The van der Waals surface area contributed by atoms with Gasteiger partial charge in [-0.25, -0.2) is 0 Å². The molecular weight excluding hydrogens is 354 g/mol. The number of anilines is 1. The minimum Gasteiger partial charge on any atom is -0.385 e. The average Bonchev–Trinajstić information content (AvgIpc) is 3.13. The van der Waals surface area contributed by atoms with Crippen LogP contribution >= 0.6 is 0 Å². The van der Waals surface area contributed by atoms with Crippen LogP contribution in [-0.2, 0) is 22.7 Å². The molecule has 3 aliphatic rings. The van der Waals surface area contributed by atoms with Gasteiger partial charge >= 0.3 is 0 Å². The summed E-state index contributed by atoms with van der Waals surface area (Å²) in [4.78, 5) is 28.3. The van der Waals surface area contributed by atoms with E-state index in [1.54, 1.807) is 0 Å². The number of nitrogens with one attached hydrogen (secondary N) is 3. The minimum absolute atomic E-state index is 0.147. The van der Waals surface area contributed by atoms with Crippen LogP contribution in [-0.4, -0.2) is 66.9 Å². The Bertz CT molecular complexity index is 717. The van der Waals surface area contributed by atoms with Gasteiger partial charge in [0.1, 0.15) is 0 Å². The lowest BCUT2D eigenvalue weighted by atomic mass is 10.0. The SMILES string of the molecule is O=C1CCC(N2Cc3cccc(NCCCCN4CCNCC4)c3C2)C(=O)N1. The van der Waals surface area contributed by atoms with Crippen LogP contribution in [0.3, 0.4) is 0 Å². The summed E-state index contributed by atoms with van der Waals surface area (Å²) >= 11 is 0. The summed E-state index contributed by atoms with van der Waals surface area (Å²) in [5.74, 6) is -0.299. The molecule has 3 aliphatic heterocycles. The van der Waals surface area contributed by atoms with E-state index in [0.29, 0.717) is 12.8 Å². The molecule has 0 aliphatic carbocycles. The number of nitrogens with zero attached hydrogens (tertiary/aromatic N) is 2. The molecule has 2 amide bonds. The Balaban J connectivity index is 1.26. The number of hydrogen-bond donors (Lipinski definition) is 3. The molecule has 1 unspecified atom stereocenters. The maximum atomic E-state index is 12.2. The molecule has 1 atom stereocenters. The Hall–Kier alpha value is -1.96. The Kier molecular flexibility index (Phi) is 6.24. The third kappa shape index (κ3) is 4.54. The average molecular weight is 386 g/mol. The lowest BCUT2D eigenvalue weighted by Gasteiger charge is -2.29. The Morgan fingerprint density at radius 2 is 1.96 bits per heavy atom. The number of amides is 2. The smallest absolute Gasteiger partial charge is 0.243 e. The predicted molar refractivity (Wildman–Crippen MR) is 109 cm³/mol. The summed E-state index contributed by atoms with van der Waals surface area (Å²) < 4.78 is 0. The van der Waals surface area contributed by atoms with Crippen molar-refractivity contribution in [2.75, 3.05) is 44.6 Å². The van der Waals surface area contributed by atoms with Gasteiger partial charge in [0.15, 0.2) is 0 Å². The van der Waals surface area contributed by atoms with Crippen LogP contribution in [0.2, 0.25) is 0 Å². The molecule has 0 saturated carbocycles. The zero-order valence-electron chi connectivity index (χ0n) is 16.5. The number of imide groups is 1. The second-order valence-electron chi connectivity index (χ2n) is 8.04. The number of rotatable bonds is 7. The van der Waals surface area contributed by atoms with Crippen LogP contribution in [0.4, 0.5) is 5.69 Å². The molecule has 3 N–H and O–H groups in total. The van der Waals surface area contributed by atoms with Gasteiger partial charge in [0.2, 0.25) is 11.8 Å². The molecule has 4 rings (SSSR count). The number of hydrogen-bond acceptors (Lipinski definition) is 6. The van der Waals surface area contributed by atoms with Crippen molar-refractivity contribution in [2.45, 2.75) is 44.8 Å². The summed E-state index contributed by atoms with van der Waals surface area (Å²) in [6.45, 7) is 8.24. The van der Waals surface area contributed by atoms with Crippen molar-refractivity contribution in [3.63, 3.8) is 0 Å². The van der Waals surface area contributed by atoms with Gasteiger partial charge in [-0.15, -0.1) is 0 Å². The molecule has 1 aromatic carbocycles. The van der Waals surface area contributed by atoms with Crippen LogP contribution in [0.15, 0.2) is 18.2 Å². The molecule has 2 saturated heterocycles. The normalized spacial score (nSPS) is 23.5. The molecule has 152 valence electrons. The number of carbonyl (C=O) groups excluding carboxylic acids is 2. The van der Waals surface area contributed by atoms with Crippen LogP contribution in [0, 0.1) is 0 Å². The van der Waals surface area contributed by atoms with E-state index >= 15 is 0 Å². The number of benzene rings is 1. The first kappa shape index (κ1) is 19.4. The largest absolute Gasteiger partial charge is 0.385 e. The Morgan fingerprint density at radius 1 is 1.11 bits per heavy atom. The number of piperazine rings is 1. The van der Waals surface area contributed by atoms with Crippen molar-refractivity contribution in [3.05, 3.63) is 29.3 Å². The maximum absolute atomic E-state index is 12.2. The molecule has 2 fully saturated rings. The van der Waals surface area contributed by atoms with Crippen molar-refractivity contribution < 1.29 is 9.59 Å². The summed E-state index contributed by atoms with van der Waals surface area (Å²) in [6, 6.07) is 6.19. The van der Waals surface area contributed by atoms with Crippen LogP contribution < -0.4 is 16.0 Å². The molecule has 28 heavy (non-hydrogen) atoms. The lowest BCUT2D eigenvalue weighted by Crippen LogP contribution is -2.50. The monoisotopic (exact) mass is 385 g/mol. The van der Waals surface area contributed by atoms with E-state index in [1.807, 2.05) is 0 Å². The van der Waals surface area contributed by atoms with E-state index < -0.39 is 0 Å². The number of piperidine rings is 1. The third-order valence-corrected chi connectivity index (χ3v) is 6.08. The first-order valence-electron chi connectivity index (χ1n) is 10.6. The summed E-state index contributed by atoms with van der Waals surface area (Å²) in [5.41, 5.74) is 3.78. The zero-order valence-corrected chi connectivity index (χ0v) is 16.5. The maximum Gasteiger partial charge on any atom is 0.243 e. The van der Waals surface area contributed by atoms with Gasteiger partial charge in [0.05, 0.1) is 6.04 Å². The summed E-state index contributed by atoms with van der Waals surface area (Å²) in [5, 5.41) is 9.49. The minimum atomic E-state index is -0.197. The summed E-state index contributed by atoms with van der Waals surface area (Å²) in [6.07, 6.45) is 3.42. The molecule has 0 aromatic heterocycles. The Morgan fingerprint density at radius 3 is 2.79 bits per heavy atom. The first-order chi connectivity index (χ1) is 13.7. The van der Waals surface area contributed by atoms with Crippen molar-refractivity contribution in [2.24, 2.45) is 0 Å². The van der Waals surface area contributed by atoms with E-state index in [2.05, 4.69) is 43.9 Å². The van der Waals surface area contributed by atoms with Crippen molar-refractivity contribution >= 4 is 17.5 Å². The van der Waals surface area contributed by atoms with Crippen LogP contribution in [0.5, 0.6) is 0 Å². The molecule has 3 heterocycles. The molecule has 1 aromatic rings. The highest BCUT2D eigenvalue weighted by molar-refractivity contribution is 6.00. The van der Waals surface area contributed by atoms with Gasteiger partial charge < -0.3 is 15.5 Å². The Labute approximate surface area is 166 Å². The quantitative estimate of drug-likeness (QED) is 0.478. The summed E-state index contributed by atoms with van der Waals surface area (Å²) in [7, 11) is 0. The fraction of sp³-hybridized carbons (Fsp3) is 0.619. The highest BCUT2D eigenvalue weighted by Gasteiger charge is 2.35. The van der Waals surface area contributed by atoms with E-state index in [9.17, 15) is 9.59 Å². The number of unbranched alkanes of at least 4 members (excludes halogenated alkanes) is 1. The third-order valence-electron chi connectivity index (χ3n) is 6.08. The van der Waals surface area contributed by atoms with Gasteiger partial charge in [-0.1, -0.05) is 12.1 Å². The zero-order chi connectivity index (χ0) is 19.3. The van der Waals surface area contributed by atoms with Gasteiger partial charge in [0, 0.05) is 57.9 Å². The standard InChI is InChI=1S/C21H31N5O2/c27-20-7-6-19(21(28)24-20)26-14-16-4-3-5-18(17(16)15-26)23-8-1-2-11-25-12-9-22-10-13-25/h3-5,19,22-23H,1-2,6-15H2,(H,24,27,28). The molecule has 0 spiro atoms. The molecule has 0 radical (unpaired) electrons. The fourth-order valence-electron chi connectivity index (χ4n) is 4.48. The van der Waals surface area contributed by atoms with E-state index in [1.165, 1.54) is 29.8 Å². The predicted octanol–water partition coefficient (Wildman–Crippen LogP) is 0.905. The highest BCUT2D eigenvalue weighted by Crippen LogP contribution is 2.32. The highest BCUT2D eigenvalue weighted by atomic mass is 16.2. The number of fused-ring (bicyclic) bond motifs is 1. The second-order valence-corrected chi connectivity index (χ2v) is 8.04. The van der Waals surface area contributed by atoms with Crippen molar-refractivity contribution in [3.8, 4) is 0 Å². The fourth-order valence-corrected chi connectivity index (χ4v) is 4.48. The van der Waals surface area contributed by atoms with E-state index in [0.717, 1.165) is 52.2 Å². The van der Waals surface area contributed by atoms with E-state index in [4.69, 9.17) is 0 Å². The van der Waals surface area contributed by atoms with Crippen LogP contribution in [0.1, 0.15) is 36.8 Å². The van der Waals surface area contributed by atoms with Crippen LogP contribution in [0.25, 0.3) is 0 Å². The van der Waals surface area contributed by atoms with Gasteiger partial charge in [-0.2, -0.15) is 0 Å². The number of carbonyl (C=O) groups is 2. The van der Waals surface area contributed by atoms with Gasteiger partial charge in [-0.05, 0) is 43.0 Å². The topological polar surface area (TPSA) is 76.7 Å². The molecule has 0 bridgehead atoms. The lowest BCUT2D eigenvalue weighted by molar-refractivity contribution is -0.137. The molecular formula is C21H31N5O2.